The summed E-state index contributed by atoms with van der Waals surface area (Å²) in [6, 6.07) is 6.84. The third kappa shape index (κ3) is 6.52. The lowest BCUT2D eigenvalue weighted by Gasteiger charge is -2.39. The van der Waals surface area contributed by atoms with Gasteiger partial charge in [-0.2, -0.15) is 0 Å². The molecule has 2 aromatic carbocycles. The van der Waals surface area contributed by atoms with E-state index in [0.29, 0.717) is 10.6 Å². The van der Waals surface area contributed by atoms with Crippen LogP contribution in [0.5, 0.6) is 0 Å². The number of nitrogens with one attached hydrogen (secondary N) is 2. The molecule has 0 spiro atoms. The van der Waals surface area contributed by atoms with Crippen LogP contribution in [0.1, 0.15) is 62.9 Å². The van der Waals surface area contributed by atoms with Gasteiger partial charge in [-0.1, -0.05) is 23.7 Å². The van der Waals surface area contributed by atoms with Crippen molar-refractivity contribution in [1.29, 1.82) is 0 Å². The average Bonchev–Trinajstić information content (AvgIpc) is 2.86. The van der Waals surface area contributed by atoms with Gasteiger partial charge in [0.1, 0.15) is 17.5 Å². The van der Waals surface area contributed by atoms with Gasteiger partial charge in [0.2, 0.25) is 0 Å². The van der Waals surface area contributed by atoms with E-state index in [1.165, 1.54) is 0 Å². The Morgan fingerprint density at radius 2 is 1.82 bits per heavy atom. The number of hydrogen-bond donors (Lipinski definition) is 2. The second-order valence-electron chi connectivity index (χ2n) is 11.2. The fourth-order valence-corrected chi connectivity index (χ4v) is 6.27. The quantitative estimate of drug-likeness (QED) is 0.543. The first kappa shape index (κ1) is 28.8. The minimum Gasteiger partial charge on any atom is -0.444 e. The number of alkyl carbamates (subject to hydrolysis) is 1. The van der Waals surface area contributed by atoms with Crippen LogP contribution in [0.25, 0.3) is 0 Å². The summed E-state index contributed by atoms with van der Waals surface area (Å²) >= 11 is 6.00. The van der Waals surface area contributed by atoms with E-state index in [1.807, 2.05) is 6.92 Å². The highest BCUT2D eigenvalue weighted by atomic mass is 35.5. The maximum Gasteiger partial charge on any atom is 0.408 e. The first-order chi connectivity index (χ1) is 18.1. The van der Waals surface area contributed by atoms with Crippen molar-refractivity contribution in [2.75, 3.05) is 10.7 Å². The van der Waals surface area contributed by atoms with Crippen LogP contribution < -0.4 is 15.5 Å². The fraction of sp³-hybridized carbons (Fsp3) is 0.444. The molecular formula is C27H31ClFN3O6S. The van der Waals surface area contributed by atoms with Crippen LogP contribution >= 0.6 is 11.6 Å². The Balaban J connectivity index is 1.79. The Morgan fingerprint density at radius 1 is 1.18 bits per heavy atom. The van der Waals surface area contributed by atoms with Crippen molar-refractivity contribution in [2.45, 2.75) is 75.6 Å². The first-order valence-electron chi connectivity index (χ1n) is 12.5. The summed E-state index contributed by atoms with van der Waals surface area (Å²) in [5.41, 5.74) is -1.33. The summed E-state index contributed by atoms with van der Waals surface area (Å²) in [5, 5.41) is 5.62. The number of sulfone groups is 1. The third-order valence-electron chi connectivity index (χ3n) is 6.69. The number of hydrogen-bond acceptors (Lipinski definition) is 6. The summed E-state index contributed by atoms with van der Waals surface area (Å²) in [6.45, 7) is 6.60. The second kappa shape index (κ2) is 10.4. The Labute approximate surface area is 232 Å². The van der Waals surface area contributed by atoms with E-state index < -0.39 is 61.4 Å². The van der Waals surface area contributed by atoms with Gasteiger partial charge in [0.15, 0.2) is 9.84 Å². The van der Waals surface area contributed by atoms with E-state index in [2.05, 4.69) is 10.6 Å². The number of anilines is 1. The molecule has 1 heterocycles. The zero-order chi connectivity index (χ0) is 28.8. The van der Waals surface area contributed by atoms with Crippen LogP contribution in [0.2, 0.25) is 5.02 Å². The zero-order valence-corrected chi connectivity index (χ0v) is 23.7. The molecule has 1 saturated carbocycles. The fourth-order valence-electron chi connectivity index (χ4n) is 4.53. The number of ether oxygens (including phenoxy) is 1. The van der Waals surface area contributed by atoms with Crippen LogP contribution in [-0.2, 0) is 25.9 Å². The summed E-state index contributed by atoms with van der Waals surface area (Å²) in [7, 11) is -4.30. The van der Waals surface area contributed by atoms with E-state index in [1.54, 1.807) is 45.0 Å². The monoisotopic (exact) mass is 579 g/mol. The molecule has 0 aromatic heterocycles. The molecule has 2 aliphatic rings. The lowest BCUT2D eigenvalue weighted by Crippen LogP contribution is -2.51. The van der Waals surface area contributed by atoms with Crippen molar-refractivity contribution in [2.24, 2.45) is 0 Å². The lowest BCUT2D eigenvalue weighted by molar-refractivity contribution is -0.120. The zero-order valence-electron chi connectivity index (χ0n) is 22.1. The van der Waals surface area contributed by atoms with Crippen LogP contribution in [0.3, 0.4) is 0 Å². The number of halogens is 2. The van der Waals surface area contributed by atoms with Gasteiger partial charge in [0.05, 0.1) is 28.4 Å². The maximum absolute atomic E-state index is 15.3. The van der Waals surface area contributed by atoms with Crippen molar-refractivity contribution in [3.8, 4) is 0 Å². The van der Waals surface area contributed by atoms with Gasteiger partial charge in [-0.3, -0.25) is 9.59 Å². The molecule has 0 bridgehead atoms. The van der Waals surface area contributed by atoms with Crippen molar-refractivity contribution < 1.29 is 31.9 Å². The summed E-state index contributed by atoms with van der Waals surface area (Å²) in [5.74, 6) is -3.32. The topological polar surface area (TPSA) is 122 Å². The Kier molecular flexibility index (Phi) is 7.70. The van der Waals surface area contributed by atoms with Crippen LogP contribution in [0.15, 0.2) is 41.3 Å². The van der Waals surface area contributed by atoms with Gasteiger partial charge in [0.25, 0.3) is 11.8 Å². The standard InChI is InChI=1S/C27H31ClFN3O6S/c1-26(2,3)38-25(35)30-20-15-39(36,37)22-13-19(29)18(23(33)31-27(4)10-5-11-27)12-21(22)32(24(20)34)14-16-6-8-17(28)9-7-16/h6-9,12-13,20H,5,10-11,14-15H2,1-4H3,(H,30,35)(H,31,33)/t20-/m0/s1. The molecule has 1 fully saturated rings. The van der Waals surface area contributed by atoms with E-state index in [4.69, 9.17) is 16.3 Å². The molecule has 0 radical (unpaired) electrons. The smallest absolute Gasteiger partial charge is 0.408 e. The van der Waals surface area contributed by atoms with Crippen LogP contribution in [-0.4, -0.2) is 49.3 Å². The normalized spacial score (nSPS) is 19.8. The highest BCUT2D eigenvalue weighted by molar-refractivity contribution is 7.91. The van der Waals surface area contributed by atoms with E-state index in [0.717, 1.165) is 36.3 Å². The predicted octanol–water partition coefficient (Wildman–Crippen LogP) is 4.37. The number of carbonyl (C=O) groups excluding carboxylic acids is 3. The Hall–Kier alpha value is -3.18. The molecule has 3 amide bonds. The minimum absolute atomic E-state index is 0.130. The molecule has 39 heavy (non-hydrogen) atoms. The van der Waals surface area contributed by atoms with Crippen molar-refractivity contribution >= 4 is 45.0 Å². The van der Waals surface area contributed by atoms with E-state index in [-0.39, 0.29) is 17.8 Å². The highest BCUT2D eigenvalue weighted by Gasteiger charge is 2.41. The van der Waals surface area contributed by atoms with E-state index in [9.17, 15) is 22.8 Å². The maximum atomic E-state index is 15.3. The van der Waals surface area contributed by atoms with Gasteiger partial charge < -0.3 is 20.3 Å². The largest absolute Gasteiger partial charge is 0.444 e. The van der Waals surface area contributed by atoms with Crippen molar-refractivity contribution in [3.63, 3.8) is 0 Å². The molecule has 0 saturated heterocycles. The predicted molar refractivity (Wildman–Crippen MR) is 144 cm³/mol. The number of nitrogens with zero attached hydrogens (tertiary/aromatic N) is 1. The lowest BCUT2D eigenvalue weighted by atomic mass is 9.78. The molecule has 0 unspecified atom stereocenters. The summed E-state index contributed by atoms with van der Waals surface area (Å²) in [6.07, 6.45) is 1.42. The van der Waals surface area contributed by atoms with Gasteiger partial charge in [-0.25, -0.2) is 17.6 Å². The first-order valence-corrected chi connectivity index (χ1v) is 14.5. The molecule has 2 aromatic rings. The minimum atomic E-state index is -4.30. The number of fused-ring (bicyclic) bond motifs is 1. The SMILES string of the molecule is CC1(NC(=O)c2cc3c(cc2F)S(=O)(=O)C[C@H](NC(=O)OC(C)(C)C)C(=O)N3Cc2ccc(Cl)cc2)CCC1. The number of carbonyl (C=O) groups is 3. The van der Waals surface area contributed by atoms with Gasteiger partial charge >= 0.3 is 6.09 Å². The molecule has 1 aliphatic carbocycles. The molecule has 9 nitrogen and oxygen atoms in total. The second-order valence-corrected chi connectivity index (χ2v) is 13.6. The average molecular weight is 580 g/mol. The number of amides is 3. The number of rotatable bonds is 5. The number of benzene rings is 2. The third-order valence-corrected chi connectivity index (χ3v) is 8.71. The van der Waals surface area contributed by atoms with Gasteiger partial charge in [0, 0.05) is 10.6 Å². The molecular weight excluding hydrogens is 549 g/mol. The van der Waals surface area contributed by atoms with Crippen LogP contribution in [0.4, 0.5) is 14.9 Å². The molecule has 1 atom stereocenters. The van der Waals surface area contributed by atoms with Gasteiger partial charge in [-0.15, -0.1) is 0 Å². The van der Waals surface area contributed by atoms with E-state index >= 15 is 4.39 Å². The molecule has 2 N–H and O–H groups in total. The Bertz CT molecular complexity index is 1420. The summed E-state index contributed by atoms with van der Waals surface area (Å²) in [4.78, 5) is 40.0. The molecule has 4 rings (SSSR count). The highest BCUT2D eigenvalue weighted by Crippen LogP contribution is 2.36. The Morgan fingerprint density at radius 3 is 2.38 bits per heavy atom. The molecule has 12 heteroatoms. The van der Waals surface area contributed by atoms with Gasteiger partial charge in [-0.05, 0) is 76.8 Å². The van der Waals surface area contributed by atoms with Crippen molar-refractivity contribution in [1.82, 2.24) is 10.6 Å². The van der Waals surface area contributed by atoms with Crippen LogP contribution in [0, 0.1) is 5.82 Å². The van der Waals surface area contributed by atoms with Crippen molar-refractivity contribution in [3.05, 3.63) is 58.4 Å². The molecule has 1 aliphatic heterocycles. The molecule has 210 valence electrons. The summed E-state index contributed by atoms with van der Waals surface area (Å²) < 4.78 is 47.3.